The van der Waals surface area contributed by atoms with E-state index in [1.54, 1.807) is 30.9 Å². The van der Waals surface area contributed by atoms with Crippen molar-refractivity contribution in [1.29, 1.82) is 0 Å². The summed E-state index contributed by atoms with van der Waals surface area (Å²) < 4.78 is 14.2. The molecule has 0 unspecified atom stereocenters. The summed E-state index contributed by atoms with van der Waals surface area (Å²) in [5.74, 6) is -0.537. The molecule has 1 aliphatic heterocycles. The van der Waals surface area contributed by atoms with Crippen LogP contribution < -0.4 is 16.0 Å². The van der Waals surface area contributed by atoms with E-state index in [0.717, 1.165) is 0 Å². The summed E-state index contributed by atoms with van der Waals surface area (Å²) in [6, 6.07) is 4.59. The van der Waals surface area contributed by atoms with Crippen molar-refractivity contribution >= 4 is 28.8 Å². The quantitative estimate of drug-likeness (QED) is 0.799. The van der Waals surface area contributed by atoms with E-state index in [1.807, 2.05) is 0 Å². The molecular weight excluding hydrogens is 265 g/mol. The van der Waals surface area contributed by atoms with Gasteiger partial charge >= 0.3 is 0 Å². The Morgan fingerprint density at radius 1 is 1.53 bits per heavy atom. The Morgan fingerprint density at radius 2 is 2.21 bits per heavy atom. The van der Waals surface area contributed by atoms with Crippen LogP contribution in [-0.2, 0) is 4.79 Å². The third-order valence-electron chi connectivity index (χ3n) is 3.37. The second-order valence-electron chi connectivity index (χ2n) is 5.00. The summed E-state index contributed by atoms with van der Waals surface area (Å²) in [7, 11) is 0. The fourth-order valence-corrected chi connectivity index (χ4v) is 2.33. The van der Waals surface area contributed by atoms with Crippen molar-refractivity contribution in [3.8, 4) is 0 Å². The monoisotopic (exact) mass is 281 g/mol. The molecule has 1 aromatic rings. The summed E-state index contributed by atoms with van der Waals surface area (Å²) in [5, 5.41) is 2.78. The molecule has 1 amide bonds. The van der Waals surface area contributed by atoms with Crippen molar-refractivity contribution in [2.75, 3.05) is 18.0 Å². The van der Waals surface area contributed by atoms with Gasteiger partial charge < -0.3 is 16.0 Å². The zero-order valence-corrected chi connectivity index (χ0v) is 11.7. The zero-order chi connectivity index (χ0) is 14.2. The second kappa shape index (κ2) is 4.77. The van der Waals surface area contributed by atoms with Crippen LogP contribution in [0.2, 0.25) is 0 Å². The SMILES string of the molecule is CC1(C)C(=O)NCCN1c1ccc(C(N)=S)cc1F. The van der Waals surface area contributed by atoms with Crippen molar-refractivity contribution < 1.29 is 9.18 Å². The predicted molar refractivity (Wildman–Crippen MR) is 76.7 cm³/mol. The smallest absolute Gasteiger partial charge is 0.245 e. The van der Waals surface area contributed by atoms with Gasteiger partial charge in [0.15, 0.2) is 0 Å². The summed E-state index contributed by atoms with van der Waals surface area (Å²) in [6.45, 7) is 4.59. The van der Waals surface area contributed by atoms with Crippen LogP contribution in [0.5, 0.6) is 0 Å². The van der Waals surface area contributed by atoms with E-state index in [1.165, 1.54) is 6.07 Å². The van der Waals surface area contributed by atoms with Crippen LogP contribution in [0.3, 0.4) is 0 Å². The van der Waals surface area contributed by atoms with Gasteiger partial charge in [-0.3, -0.25) is 4.79 Å². The largest absolute Gasteiger partial charge is 0.389 e. The molecule has 102 valence electrons. The summed E-state index contributed by atoms with van der Waals surface area (Å²) in [6.07, 6.45) is 0. The molecule has 2 rings (SSSR count). The van der Waals surface area contributed by atoms with Gasteiger partial charge in [0, 0.05) is 18.7 Å². The molecule has 0 atom stereocenters. The van der Waals surface area contributed by atoms with E-state index in [-0.39, 0.29) is 10.9 Å². The van der Waals surface area contributed by atoms with Gasteiger partial charge in [0.2, 0.25) is 5.91 Å². The lowest BCUT2D eigenvalue weighted by Crippen LogP contribution is -2.62. The Labute approximate surface area is 116 Å². The number of nitrogens with two attached hydrogens (primary N) is 1. The van der Waals surface area contributed by atoms with Gasteiger partial charge in [0.25, 0.3) is 0 Å². The molecule has 0 saturated carbocycles. The first-order valence-corrected chi connectivity index (χ1v) is 6.40. The fraction of sp³-hybridized carbons (Fsp3) is 0.385. The number of carbonyl (C=O) groups is 1. The van der Waals surface area contributed by atoms with E-state index in [2.05, 4.69) is 5.32 Å². The third-order valence-corrected chi connectivity index (χ3v) is 3.61. The minimum absolute atomic E-state index is 0.114. The Bertz CT molecular complexity index is 545. The van der Waals surface area contributed by atoms with Crippen LogP contribution >= 0.6 is 12.2 Å². The van der Waals surface area contributed by atoms with Gasteiger partial charge in [-0.2, -0.15) is 0 Å². The fourth-order valence-electron chi connectivity index (χ4n) is 2.20. The number of hydrogen-bond acceptors (Lipinski definition) is 3. The molecule has 4 nitrogen and oxygen atoms in total. The molecule has 1 saturated heterocycles. The minimum Gasteiger partial charge on any atom is -0.389 e. The molecule has 0 bridgehead atoms. The number of carbonyl (C=O) groups excluding carboxylic acids is 1. The highest BCUT2D eigenvalue weighted by Crippen LogP contribution is 2.29. The van der Waals surface area contributed by atoms with Gasteiger partial charge in [-0.25, -0.2) is 4.39 Å². The van der Waals surface area contributed by atoms with Gasteiger partial charge in [0.05, 0.1) is 5.69 Å². The van der Waals surface area contributed by atoms with E-state index < -0.39 is 11.4 Å². The van der Waals surface area contributed by atoms with Crippen LogP contribution in [0.1, 0.15) is 19.4 Å². The van der Waals surface area contributed by atoms with Crippen molar-refractivity contribution in [3.63, 3.8) is 0 Å². The Balaban J connectivity index is 2.41. The number of nitrogens with zero attached hydrogens (tertiary/aromatic N) is 1. The molecule has 0 aromatic heterocycles. The topological polar surface area (TPSA) is 58.4 Å². The van der Waals surface area contributed by atoms with Crippen molar-refractivity contribution in [1.82, 2.24) is 5.32 Å². The van der Waals surface area contributed by atoms with Gasteiger partial charge in [0.1, 0.15) is 16.3 Å². The number of halogens is 1. The molecule has 0 radical (unpaired) electrons. The molecule has 6 heteroatoms. The molecule has 0 aliphatic carbocycles. The average Bonchev–Trinajstić information content (AvgIpc) is 2.33. The number of piperazine rings is 1. The lowest BCUT2D eigenvalue weighted by atomic mass is 9.97. The molecule has 1 fully saturated rings. The minimum atomic E-state index is -0.788. The number of amides is 1. The lowest BCUT2D eigenvalue weighted by Gasteiger charge is -2.42. The molecule has 1 aliphatic rings. The second-order valence-corrected chi connectivity index (χ2v) is 5.44. The summed E-state index contributed by atoms with van der Waals surface area (Å²) in [4.78, 5) is 13.8. The maximum Gasteiger partial charge on any atom is 0.245 e. The maximum atomic E-state index is 14.2. The van der Waals surface area contributed by atoms with Gasteiger partial charge in [-0.15, -0.1) is 0 Å². The normalized spacial score (nSPS) is 18.1. The highest BCUT2D eigenvalue weighted by Gasteiger charge is 2.38. The first kappa shape index (κ1) is 13.7. The highest BCUT2D eigenvalue weighted by molar-refractivity contribution is 7.80. The first-order valence-electron chi connectivity index (χ1n) is 5.99. The van der Waals surface area contributed by atoms with Crippen molar-refractivity contribution in [2.24, 2.45) is 5.73 Å². The Kier molecular flexibility index (Phi) is 3.45. The number of hydrogen-bond donors (Lipinski definition) is 2. The number of thiocarbonyl (C=S) groups is 1. The summed E-state index contributed by atoms with van der Waals surface area (Å²) >= 11 is 4.82. The molecule has 1 aromatic carbocycles. The molecule has 19 heavy (non-hydrogen) atoms. The van der Waals surface area contributed by atoms with E-state index in [4.69, 9.17) is 18.0 Å². The van der Waals surface area contributed by atoms with E-state index in [0.29, 0.717) is 24.3 Å². The zero-order valence-electron chi connectivity index (χ0n) is 10.9. The van der Waals surface area contributed by atoms with Crippen LogP contribution in [0.4, 0.5) is 10.1 Å². The van der Waals surface area contributed by atoms with E-state index in [9.17, 15) is 9.18 Å². The Hall–Kier alpha value is -1.69. The third kappa shape index (κ3) is 2.40. The summed E-state index contributed by atoms with van der Waals surface area (Å²) in [5.41, 5.74) is 5.56. The standard InChI is InChI=1S/C13H16FN3OS/c1-13(2)12(18)16-5-6-17(13)10-4-3-8(11(15)19)7-9(10)14/h3-4,7H,5-6H2,1-2H3,(H2,15,19)(H,16,18). The molecule has 1 heterocycles. The number of anilines is 1. The first-order chi connectivity index (χ1) is 8.84. The van der Waals surface area contributed by atoms with Crippen molar-refractivity contribution in [2.45, 2.75) is 19.4 Å². The average molecular weight is 281 g/mol. The van der Waals surface area contributed by atoms with Crippen LogP contribution in [-0.4, -0.2) is 29.5 Å². The van der Waals surface area contributed by atoms with Gasteiger partial charge in [-0.05, 0) is 32.0 Å². The van der Waals surface area contributed by atoms with E-state index >= 15 is 0 Å². The number of benzene rings is 1. The van der Waals surface area contributed by atoms with Crippen LogP contribution in [0.25, 0.3) is 0 Å². The number of nitrogens with one attached hydrogen (secondary N) is 1. The van der Waals surface area contributed by atoms with Gasteiger partial charge in [-0.1, -0.05) is 12.2 Å². The molecular formula is C13H16FN3OS. The maximum absolute atomic E-state index is 14.2. The highest BCUT2D eigenvalue weighted by atomic mass is 32.1. The van der Waals surface area contributed by atoms with Crippen molar-refractivity contribution in [3.05, 3.63) is 29.6 Å². The Morgan fingerprint density at radius 3 is 2.79 bits per heavy atom. The van der Waals surface area contributed by atoms with Crippen LogP contribution in [0.15, 0.2) is 18.2 Å². The lowest BCUT2D eigenvalue weighted by molar-refractivity contribution is -0.126. The molecule has 0 spiro atoms. The predicted octanol–water partition coefficient (Wildman–Crippen LogP) is 1.17. The molecule has 3 N–H and O–H groups in total. The van der Waals surface area contributed by atoms with Crippen LogP contribution in [0, 0.1) is 5.82 Å². The number of rotatable bonds is 2.